The molecule has 2 nitrogen and oxygen atoms in total. The molecular formula is C20H35O2PS2. The van der Waals surface area contributed by atoms with E-state index in [-0.39, 0.29) is 0 Å². The van der Waals surface area contributed by atoms with Crippen molar-refractivity contribution in [3.8, 4) is 0 Å². The van der Waals surface area contributed by atoms with Crippen LogP contribution in [0.2, 0.25) is 0 Å². The summed E-state index contributed by atoms with van der Waals surface area (Å²) in [6, 6.07) is 6.20. The molecule has 25 heavy (non-hydrogen) atoms. The predicted octanol–water partition coefficient (Wildman–Crippen LogP) is 6.11. The Morgan fingerprint density at radius 3 is 2.04 bits per heavy atom. The largest absolute Gasteiger partial charge is 0.756 e. The first-order valence-corrected chi connectivity index (χ1v) is 14.1. The average molecular weight is 403 g/mol. The fourth-order valence-electron chi connectivity index (χ4n) is 3.17. The van der Waals surface area contributed by atoms with Gasteiger partial charge in [0.25, 0.3) is 0 Å². The number of aryl methyl sites for hydroxylation is 1. The summed E-state index contributed by atoms with van der Waals surface area (Å²) in [7, 11) is 1.03. The summed E-state index contributed by atoms with van der Waals surface area (Å²) in [5.41, 5.74) is -0.773. The van der Waals surface area contributed by atoms with Crippen LogP contribution in [0.5, 0.6) is 0 Å². The highest BCUT2D eigenvalue weighted by Gasteiger charge is 2.18. The van der Waals surface area contributed by atoms with E-state index in [1.165, 1.54) is 68.9 Å². The maximum absolute atomic E-state index is 11.8. The second kappa shape index (κ2) is 13.3. The van der Waals surface area contributed by atoms with Crippen LogP contribution in [0.15, 0.2) is 23.1 Å². The first-order chi connectivity index (χ1) is 12.0. The van der Waals surface area contributed by atoms with Gasteiger partial charge >= 0.3 is 0 Å². The van der Waals surface area contributed by atoms with E-state index in [4.69, 9.17) is 0 Å². The quantitative estimate of drug-likeness (QED) is 0.181. The third kappa shape index (κ3) is 10.8. The molecule has 0 radical (unpaired) electrons. The van der Waals surface area contributed by atoms with Crippen LogP contribution in [0.3, 0.4) is 0 Å². The van der Waals surface area contributed by atoms with Gasteiger partial charge in [-0.3, -0.25) is 0 Å². The summed E-state index contributed by atoms with van der Waals surface area (Å²) in [5.74, 6) is 0. The Bertz CT molecular complexity index is 532. The van der Waals surface area contributed by atoms with Crippen molar-refractivity contribution in [3.63, 3.8) is 0 Å². The lowest BCUT2D eigenvalue weighted by molar-refractivity contribution is -0.170. The molecule has 0 bridgehead atoms. The number of hydrogen-bond acceptors (Lipinski definition) is 1. The highest BCUT2D eigenvalue weighted by Crippen LogP contribution is 2.40. The van der Waals surface area contributed by atoms with Crippen molar-refractivity contribution in [2.75, 3.05) is 0 Å². The molecule has 0 aliphatic heterocycles. The molecule has 0 fully saturated rings. The predicted molar refractivity (Wildman–Crippen MR) is 115 cm³/mol. The Kier molecular flexibility index (Phi) is 12.4. The minimum atomic E-state index is -3.41. The third-order valence-electron chi connectivity index (χ3n) is 4.53. The van der Waals surface area contributed by atoms with Crippen molar-refractivity contribution in [1.29, 1.82) is 0 Å². The zero-order chi connectivity index (χ0) is 18.5. The molecule has 1 unspecified atom stereocenters. The van der Waals surface area contributed by atoms with E-state index in [1.54, 1.807) is 0 Å². The first kappa shape index (κ1) is 23.2. The summed E-state index contributed by atoms with van der Waals surface area (Å²) >= 11 is 3.87. The van der Waals surface area contributed by atoms with Crippen molar-refractivity contribution >= 4 is 28.9 Å². The molecule has 0 saturated carbocycles. The molecule has 1 N–H and O–H groups in total. The van der Waals surface area contributed by atoms with Gasteiger partial charge < -0.3 is 9.79 Å². The van der Waals surface area contributed by atoms with Crippen LogP contribution >= 0.6 is 17.9 Å². The van der Waals surface area contributed by atoms with Crippen molar-refractivity contribution in [2.45, 2.75) is 95.8 Å². The highest BCUT2D eigenvalue weighted by atomic mass is 32.9. The summed E-state index contributed by atoms with van der Waals surface area (Å²) in [4.78, 5) is 22.4. The molecule has 144 valence electrons. The molecule has 0 aromatic heterocycles. The van der Waals surface area contributed by atoms with Crippen LogP contribution in [0.25, 0.3) is 0 Å². The van der Waals surface area contributed by atoms with Crippen molar-refractivity contribution in [2.24, 2.45) is 0 Å². The number of unbranched alkanes of at least 4 members (excludes halogenated alkanes) is 8. The van der Waals surface area contributed by atoms with E-state index in [9.17, 15) is 9.79 Å². The number of hydrogen-bond donors (Lipinski definition) is 2. The van der Waals surface area contributed by atoms with Crippen LogP contribution in [-0.2, 0) is 23.8 Å². The Morgan fingerprint density at radius 2 is 1.48 bits per heavy atom. The molecule has 0 aliphatic rings. The Hall–Kier alpha value is 0.140. The summed E-state index contributed by atoms with van der Waals surface area (Å²) in [5, 5.41) is 0. The van der Waals surface area contributed by atoms with E-state index < -0.39 is 5.69 Å². The number of benzene rings is 1. The number of thiol groups is 1. The van der Waals surface area contributed by atoms with E-state index in [0.29, 0.717) is 0 Å². The lowest BCUT2D eigenvalue weighted by atomic mass is 9.96. The molecule has 0 saturated heterocycles. The van der Waals surface area contributed by atoms with E-state index >= 15 is 0 Å². The monoisotopic (exact) mass is 402 g/mol. The Labute approximate surface area is 163 Å². The van der Waals surface area contributed by atoms with Crippen LogP contribution in [0.1, 0.15) is 89.2 Å². The molecule has 1 rings (SSSR count). The summed E-state index contributed by atoms with van der Waals surface area (Å²) in [6.45, 7) is 4.47. The van der Waals surface area contributed by atoms with Gasteiger partial charge in [0.15, 0.2) is 0 Å². The van der Waals surface area contributed by atoms with Gasteiger partial charge in [0.1, 0.15) is 0 Å². The molecule has 1 aromatic carbocycles. The Balaban J connectivity index is 2.80. The van der Waals surface area contributed by atoms with Crippen molar-refractivity contribution < 1.29 is 9.79 Å². The van der Waals surface area contributed by atoms with Crippen LogP contribution in [0, 0.1) is 0 Å². The van der Waals surface area contributed by atoms with Crippen LogP contribution < -0.4 is 4.89 Å². The molecular weight excluding hydrogens is 367 g/mol. The van der Waals surface area contributed by atoms with Crippen LogP contribution in [-0.4, -0.2) is 4.89 Å². The fourth-order valence-corrected chi connectivity index (χ4v) is 5.98. The van der Waals surface area contributed by atoms with Crippen molar-refractivity contribution in [3.05, 3.63) is 29.3 Å². The second-order valence-electron chi connectivity index (χ2n) is 6.80. The lowest BCUT2D eigenvalue weighted by Gasteiger charge is -2.11. The summed E-state index contributed by atoms with van der Waals surface area (Å²) in [6.07, 6.45) is 14.7. The molecule has 0 amide bonds. The topological polar surface area (TPSA) is 43.3 Å². The standard InChI is InChI=1S/C20H35O2PS2/c1-3-5-7-9-11-14-18-15-13-17-20(25-23(21,22)24)19(18)16-12-10-8-6-4-2/h13,15,17H,3-12,14,16H2,1-2H3,(H2-,21,22,24). The average Bonchev–Trinajstić information content (AvgIpc) is 2.55. The zero-order valence-electron chi connectivity index (χ0n) is 15.9. The zero-order valence-corrected chi connectivity index (χ0v) is 18.5. The van der Waals surface area contributed by atoms with Gasteiger partial charge in [-0.25, -0.2) is 0 Å². The molecule has 0 aliphatic carbocycles. The van der Waals surface area contributed by atoms with Gasteiger partial charge in [0.2, 0.25) is 21.5 Å². The van der Waals surface area contributed by atoms with Crippen molar-refractivity contribution in [1.82, 2.24) is 0 Å². The molecule has 0 heterocycles. The van der Waals surface area contributed by atoms with E-state index in [2.05, 4.69) is 32.2 Å². The van der Waals surface area contributed by atoms with Gasteiger partial charge in [0.05, 0.1) is 0 Å². The van der Waals surface area contributed by atoms with Gasteiger partial charge in [-0.15, -0.1) is 0 Å². The van der Waals surface area contributed by atoms with Gasteiger partial charge in [-0.05, 0) is 31.2 Å². The minimum Gasteiger partial charge on any atom is -0.756 e. The van der Waals surface area contributed by atoms with E-state index in [0.717, 1.165) is 35.1 Å². The molecule has 5 heteroatoms. The number of rotatable bonds is 13. The van der Waals surface area contributed by atoms with Gasteiger partial charge in [-0.1, -0.05) is 89.6 Å². The van der Waals surface area contributed by atoms with E-state index in [1.807, 2.05) is 12.1 Å². The van der Waals surface area contributed by atoms with Gasteiger partial charge in [0, 0.05) is 11.6 Å². The molecule has 0 spiro atoms. The molecule has 1 atom stereocenters. The summed E-state index contributed by atoms with van der Waals surface area (Å²) < 4.78 is 0. The maximum atomic E-state index is 11.8. The normalized spacial score (nSPS) is 13.6. The second-order valence-corrected chi connectivity index (χ2v) is 12.9. The smallest absolute Gasteiger partial charge is 0.242 e. The van der Waals surface area contributed by atoms with Gasteiger partial charge in [-0.2, -0.15) is 0 Å². The lowest BCUT2D eigenvalue weighted by Crippen LogP contribution is -2.01. The van der Waals surface area contributed by atoms with Crippen LogP contribution in [0.4, 0.5) is 0 Å². The Morgan fingerprint density at radius 1 is 0.920 bits per heavy atom. The third-order valence-corrected chi connectivity index (χ3v) is 7.38. The fraction of sp³-hybridized carbons (Fsp3) is 0.700. The first-order valence-electron chi connectivity index (χ1n) is 9.83. The SMILES string of the molecule is CCCCCCCc1cccc([S+]=P([O-])(O)S)c1CCCCCCC. The minimum absolute atomic E-state index is 0.947. The molecule has 1 aromatic rings. The maximum Gasteiger partial charge on any atom is 0.242 e. The highest BCUT2D eigenvalue weighted by molar-refractivity contribution is 8.61.